The molecule has 0 saturated heterocycles. The van der Waals surface area contributed by atoms with Crippen LogP contribution in [0.25, 0.3) is 11.3 Å². The standard InChI is InChI=1S/C11H12N2O2/c1-7-10(13-11(14)12-7)8-3-5-9(15-2)6-4-8/h3-6H,1-2H3,(H2,12,13,14). The maximum Gasteiger partial charge on any atom is 0.323 e. The maximum atomic E-state index is 11.1. The molecule has 4 heteroatoms. The van der Waals surface area contributed by atoms with E-state index < -0.39 is 0 Å². The lowest BCUT2D eigenvalue weighted by Crippen LogP contribution is -2.00. The van der Waals surface area contributed by atoms with Crippen LogP contribution in [0.15, 0.2) is 29.1 Å². The van der Waals surface area contributed by atoms with Gasteiger partial charge in [0, 0.05) is 11.3 Å². The van der Waals surface area contributed by atoms with Crippen LogP contribution in [0.4, 0.5) is 0 Å². The van der Waals surface area contributed by atoms with Crippen LogP contribution in [-0.2, 0) is 0 Å². The lowest BCUT2D eigenvalue weighted by atomic mass is 10.1. The van der Waals surface area contributed by atoms with Crippen LogP contribution in [0, 0.1) is 6.92 Å². The number of imidazole rings is 1. The summed E-state index contributed by atoms with van der Waals surface area (Å²) in [5.74, 6) is 0.800. The normalized spacial score (nSPS) is 10.3. The van der Waals surface area contributed by atoms with Gasteiger partial charge in [-0.1, -0.05) is 0 Å². The molecule has 2 N–H and O–H groups in total. The van der Waals surface area contributed by atoms with E-state index in [0.717, 1.165) is 22.7 Å². The molecule has 2 rings (SSSR count). The molecular weight excluding hydrogens is 192 g/mol. The summed E-state index contributed by atoms with van der Waals surface area (Å²) in [6.07, 6.45) is 0. The fourth-order valence-corrected chi connectivity index (χ4v) is 1.52. The molecule has 0 fully saturated rings. The lowest BCUT2D eigenvalue weighted by molar-refractivity contribution is 0.415. The summed E-state index contributed by atoms with van der Waals surface area (Å²) >= 11 is 0. The minimum absolute atomic E-state index is 0.182. The van der Waals surface area contributed by atoms with Gasteiger partial charge in [0.25, 0.3) is 0 Å². The number of aryl methyl sites for hydroxylation is 1. The van der Waals surface area contributed by atoms with E-state index in [1.165, 1.54) is 0 Å². The Hall–Kier alpha value is -1.97. The highest BCUT2D eigenvalue weighted by Gasteiger charge is 2.04. The third kappa shape index (κ3) is 1.79. The van der Waals surface area contributed by atoms with Crippen molar-refractivity contribution in [3.05, 3.63) is 40.4 Å². The topological polar surface area (TPSA) is 57.9 Å². The predicted molar refractivity (Wildman–Crippen MR) is 58.1 cm³/mol. The predicted octanol–water partition coefficient (Wildman–Crippen LogP) is 1.69. The molecule has 0 spiro atoms. The summed E-state index contributed by atoms with van der Waals surface area (Å²) in [6.45, 7) is 1.86. The van der Waals surface area contributed by atoms with Crippen LogP contribution >= 0.6 is 0 Å². The minimum atomic E-state index is -0.182. The van der Waals surface area contributed by atoms with Crippen LogP contribution in [0.3, 0.4) is 0 Å². The van der Waals surface area contributed by atoms with Crippen molar-refractivity contribution in [2.45, 2.75) is 6.92 Å². The molecule has 0 atom stereocenters. The van der Waals surface area contributed by atoms with Gasteiger partial charge in [0.1, 0.15) is 5.75 Å². The van der Waals surface area contributed by atoms with Gasteiger partial charge in [-0.3, -0.25) is 0 Å². The number of aromatic nitrogens is 2. The van der Waals surface area contributed by atoms with Gasteiger partial charge in [-0.15, -0.1) is 0 Å². The number of hydrogen-bond donors (Lipinski definition) is 2. The molecule has 78 valence electrons. The summed E-state index contributed by atoms with van der Waals surface area (Å²) in [5, 5.41) is 0. The molecule has 0 amide bonds. The van der Waals surface area contributed by atoms with Gasteiger partial charge in [-0.05, 0) is 31.2 Å². The molecule has 0 radical (unpaired) electrons. The second-order valence-corrected chi connectivity index (χ2v) is 3.31. The second-order valence-electron chi connectivity index (χ2n) is 3.31. The molecule has 1 aromatic heterocycles. The van der Waals surface area contributed by atoms with E-state index in [2.05, 4.69) is 9.97 Å². The van der Waals surface area contributed by atoms with Gasteiger partial charge in [0.2, 0.25) is 0 Å². The van der Waals surface area contributed by atoms with Gasteiger partial charge in [-0.25, -0.2) is 4.79 Å². The fraction of sp³-hybridized carbons (Fsp3) is 0.182. The first-order valence-corrected chi connectivity index (χ1v) is 4.64. The largest absolute Gasteiger partial charge is 0.497 e. The first-order chi connectivity index (χ1) is 7.20. The quantitative estimate of drug-likeness (QED) is 0.782. The van der Waals surface area contributed by atoms with Crippen molar-refractivity contribution in [2.75, 3.05) is 7.11 Å². The first kappa shape index (κ1) is 9.58. The number of rotatable bonds is 2. The Kier molecular flexibility index (Phi) is 2.33. The average molecular weight is 204 g/mol. The van der Waals surface area contributed by atoms with E-state index in [9.17, 15) is 4.79 Å². The van der Waals surface area contributed by atoms with Gasteiger partial charge in [-0.2, -0.15) is 0 Å². The van der Waals surface area contributed by atoms with Crippen LogP contribution in [0.5, 0.6) is 5.75 Å². The summed E-state index contributed by atoms with van der Waals surface area (Å²) < 4.78 is 5.06. The SMILES string of the molecule is COc1ccc(-c2[nH]c(=O)[nH]c2C)cc1. The molecule has 2 aromatic rings. The van der Waals surface area contributed by atoms with E-state index in [1.807, 2.05) is 31.2 Å². The molecule has 0 aliphatic rings. The van der Waals surface area contributed by atoms with Crippen LogP contribution in [0.2, 0.25) is 0 Å². The van der Waals surface area contributed by atoms with Crippen molar-refractivity contribution in [3.63, 3.8) is 0 Å². The third-order valence-electron chi connectivity index (χ3n) is 2.29. The average Bonchev–Trinajstić information content (AvgIpc) is 2.58. The summed E-state index contributed by atoms with van der Waals surface area (Å²) in [6, 6.07) is 7.54. The maximum absolute atomic E-state index is 11.1. The molecule has 0 aliphatic heterocycles. The number of benzene rings is 1. The van der Waals surface area contributed by atoms with E-state index in [4.69, 9.17) is 4.74 Å². The zero-order valence-corrected chi connectivity index (χ0v) is 8.63. The van der Waals surface area contributed by atoms with Crippen LogP contribution in [-0.4, -0.2) is 17.1 Å². The number of H-pyrrole nitrogens is 2. The minimum Gasteiger partial charge on any atom is -0.497 e. The van der Waals surface area contributed by atoms with Gasteiger partial charge in [0.05, 0.1) is 12.8 Å². The molecule has 0 aliphatic carbocycles. The van der Waals surface area contributed by atoms with Crippen molar-refractivity contribution >= 4 is 0 Å². The fourth-order valence-electron chi connectivity index (χ4n) is 1.52. The molecule has 0 bridgehead atoms. The molecule has 15 heavy (non-hydrogen) atoms. The van der Waals surface area contributed by atoms with Crippen molar-refractivity contribution in [1.82, 2.24) is 9.97 Å². The number of ether oxygens (including phenoxy) is 1. The highest BCUT2D eigenvalue weighted by atomic mass is 16.5. The second kappa shape index (κ2) is 3.65. The number of nitrogens with one attached hydrogen (secondary N) is 2. The first-order valence-electron chi connectivity index (χ1n) is 4.64. The Bertz CT molecular complexity index is 508. The molecule has 1 aromatic carbocycles. The number of aromatic amines is 2. The Morgan fingerprint density at radius 3 is 2.27 bits per heavy atom. The Morgan fingerprint density at radius 2 is 1.80 bits per heavy atom. The van der Waals surface area contributed by atoms with Gasteiger partial charge in [0.15, 0.2) is 0 Å². The van der Waals surface area contributed by atoms with E-state index in [0.29, 0.717) is 0 Å². The van der Waals surface area contributed by atoms with Crippen molar-refractivity contribution in [2.24, 2.45) is 0 Å². The Labute approximate surface area is 86.9 Å². The van der Waals surface area contributed by atoms with E-state index in [-0.39, 0.29) is 5.69 Å². The zero-order chi connectivity index (χ0) is 10.8. The van der Waals surface area contributed by atoms with Crippen LogP contribution < -0.4 is 10.4 Å². The molecular formula is C11H12N2O2. The van der Waals surface area contributed by atoms with Crippen LogP contribution in [0.1, 0.15) is 5.69 Å². The summed E-state index contributed by atoms with van der Waals surface area (Å²) in [5.41, 5.74) is 2.44. The van der Waals surface area contributed by atoms with Gasteiger partial charge >= 0.3 is 5.69 Å². The summed E-state index contributed by atoms with van der Waals surface area (Å²) in [7, 11) is 1.62. The zero-order valence-electron chi connectivity index (χ0n) is 8.63. The smallest absolute Gasteiger partial charge is 0.323 e. The summed E-state index contributed by atoms with van der Waals surface area (Å²) in [4.78, 5) is 16.5. The highest BCUT2D eigenvalue weighted by Crippen LogP contribution is 2.21. The van der Waals surface area contributed by atoms with Gasteiger partial charge < -0.3 is 14.7 Å². The monoisotopic (exact) mass is 204 g/mol. The van der Waals surface area contributed by atoms with Crippen molar-refractivity contribution < 1.29 is 4.74 Å². The Balaban J connectivity index is 2.45. The molecule has 0 unspecified atom stereocenters. The number of hydrogen-bond acceptors (Lipinski definition) is 2. The van der Waals surface area contributed by atoms with Crippen molar-refractivity contribution in [1.29, 1.82) is 0 Å². The van der Waals surface area contributed by atoms with E-state index in [1.54, 1.807) is 7.11 Å². The number of methoxy groups -OCH3 is 1. The van der Waals surface area contributed by atoms with E-state index >= 15 is 0 Å². The Morgan fingerprint density at radius 1 is 1.13 bits per heavy atom. The highest BCUT2D eigenvalue weighted by molar-refractivity contribution is 5.62. The molecule has 1 heterocycles. The van der Waals surface area contributed by atoms with Crippen molar-refractivity contribution in [3.8, 4) is 17.0 Å². The third-order valence-corrected chi connectivity index (χ3v) is 2.29. The molecule has 0 saturated carbocycles. The molecule has 4 nitrogen and oxygen atoms in total. The lowest BCUT2D eigenvalue weighted by Gasteiger charge is -2.02.